The summed E-state index contributed by atoms with van der Waals surface area (Å²) < 4.78 is 11.1. The molecule has 0 aliphatic carbocycles. The maximum absolute atomic E-state index is 12.3. The highest BCUT2D eigenvalue weighted by atomic mass is 16.5. The number of nitrogens with zero attached hydrogens (tertiary/aromatic N) is 1. The number of rotatable bonds is 8. The van der Waals surface area contributed by atoms with Crippen molar-refractivity contribution in [3.63, 3.8) is 0 Å². The highest BCUT2D eigenvalue weighted by molar-refractivity contribution is 5.91. The number of para-hydroxylation sites is 1. The number of ether oxygens (including phenoxy) is 2. The number of unbranched alkanes of at least 4 members (excludes halogenated alkanes) is 1. The van der Waals surface area contributed by atoms with E-state index in [2.05, 4.69) is 11.9 Å². The lowest BCUT2D eigenvalue weighted by Gasteiger charge is -2.07. The third kappa shape index (κ3) is 6.04. The molecular weight excluding hydrogens is 362 g/mol. The third-order valence-electron chi connectivity index (χ3n) is 4.41. The van der Waals surface area contributed by atoms with Gasteiger partial charge < -0.3 is 9.47 Å². The molecule has 0 fully saturated rings. The number of hydrogen-bond acceptors (Lipinski definition) is 4. The number of hydrogen-bond donors (Lipinski definition) is 0. The number of carbonyl (C=O) groups excluding carboxylic acids is 1. The van der Waals surface area contributed by atoms with Crippen molar-refractivity contribution in [2.75, 3.05) is 6.61 Å². The van der Waals surface area contributed by atoms with Gasteiger partial charge in [0.15, 0.2) is 0 Å². The molecule has 0 saturated carbocycles. The van der Waals surface area contributed by atoms with E-state index < -0.39 is 0 Å². The smallest absolute Gasteiger partial charge is 0.343 e. The lowest BCUT2D eigenvalue weighted by atomic mass is 10.2. The van der Waals surface area contributed by atoms with Gasteiger partial charge >= 0.3 is 5.97 Å². The third-order valence-corrected chi connectivity index (χ3v) is 4.41. The van der Waals surface area contributed by atoms with Crippen molar-refractivity contribution in [3.8, 4) is 11.5 Å². The summed E-state index contributed by atoms with van der Waals surface area (Å²) in [6, 6.07) is 22.3. The molecule has 0 bridgehead atoms. The summed E-state index contributed by atoms with van der Waals surface area (Å²) in [5.74, 6) is 1.06. The second-order valence-corrected chi connectivity index (χ2v) is 6.73. The molecule has 0 aliphatic rings. The molecule has 0 N–H and O–H groups in total. The van der Waals surface area contributed by atoms with Gasteiger partial charge in [-0.1, -0.05) is 31.5 Å². The quantitative estimate of drug-likeness (QED) is 0.202. The Labute approximate surface area is 171 Å². The average molecular weight is 387 g/mol. The highest BCUT2D eigenvalue weighted by Gasteiger charge is 2.09. The molecular formula is C25H25NO3. The van der Waals surface area contributed by atoms with E-state index in [1.807, 2.05) is 49.4 Å². The Hall–Kier alpha value is -3.40. The number of aliphatic imine (C=N–C) groups is 1. The molecule has 0 aromatic heterocycles. The summed E-state index contributed by atoms with van der Waals surface area (Å²) in [7, 11) is 0. The van der Waals surface area contributed by atoms with Crippen LogP contribution in [0.25, 0.3) is 0 Å². The van der Waals surface area contributed by atoms with Crippen molar-refractivity contribution in [1.82, 2.24) is 0 Å². The van der Waals surface area contributed by atoms with Crippen molar-refractivity contribution in [2.45, 2.75) is 26.7 Å². The molecule has 3 aromatic rings. The van der Waals surface area contributed by atoms with Crippen LogP contribution in [0.4, 0.5) is 5.69 Å². The largest absolute Gasteiger partial charge is 0.494 e. The molecule has 0 saturated heterocycles. The van der Waals surface area contributed by atoms with Gasteiger partial charge in [-0.3, -0.25) is 4.99 Å². The predicted octanol–water partition coefficient (Wildman–Crippen LogP) is 6.14. The zero-order valence-corrected chi connectivity index (χ0v) is 16.8. The van der Waals surface area contributed by atoms with Crippen molar-refractivity contribution in [3.05, 3.63) is 89.5 Å². The first-order valence-electron chi connectivity index (χ1n) is 9.80. The summed E-state index contributed by atoms with van der Waals surface area (Å²) in [6.45, 7) is 4.79. The van der Waals surface area contributed by atoms with Crippen LogP contribution in [0, 0.1) is 6.92 Å². The monoisotopic (exact) mass is 387 g/mol. The first-order chi connectivity index (χ1) is 14.2. The lowest BCUT2D eigenvalue weighted by molar-refractivity contribution is 0.0733. The van der Waals surface area contributed by atoms with Gasteiger partial charge in [0.25, 0.3) is 0 Å². The molecule has 0 radical (unpaired) electrons. The maximum Gasteiger partial charge on any atom is 0.343 e. The van der Waals surface area contributed by atoms with Gasteiger partial charge in [0.2, 0.25) is 0 Å². The van der Waals surface area contributed by atoms with Crippen molar-refractivity contribution in [2.24, 2.45) is 4.99 Å². The fourth-order valence-corrected chi connectivity index (χ4v) is 2.65. The van der Waals surface area contributed by atoms with Crippen LogP contribution in [0.3, 0.4) is 0 Å². The van der Waals surface area contributed by atoms with E-state index in [1.165, 1.54) is 0 Å². The van der Waals surface area contributed by atoms with Gasteiger partial charge in [-0.25, -0.2) is 4.79 Å². The Bertz CT molecular complexity index is 960. The molecule has 0 heterocycles. The lowest BCUT2D eigenvalue weighted by Crippen LogP contribution is -2.08. The molecule has 0 aliphatic heterocycles. The summed E-state index contributed by atoms with van der Waals surface area (Å²) in [6.07, 6.45) is 3.96. The molecule has 148 valence electrons. The van der Waals surface area contributed by atoms with Crippen LogP contribution in [-0.2, 0) is 0 Å². The molecule has 0 spiro atoms. The zero-order chi connectivity index (χ0) is 20.5. The highest BCUT2D eigenvalue weighted by Crippen LogP contribution is 2.19. The number of aryl methyl sites for hydroxylation is 1. The molecule has 4 nitrogen and oxygen atoms in total. The summed E-state index contributed by atoms with van der Waals surface area (Å²) in [4.78, 5) is 16.8. The average Bonchev–Trinajstić information content (AvgIpc) is 2.75. The Balaban J connectivity index is 1.58. The van der Waals surface area contributed by atoms with Crippen LogP contribution in [-0.4, -0.2) is 18.8 Å². The van der Waals surface area contributed by atoms with Crippen LogP contribution in [0.2, 0.25) is 0 Å². The molecule has 3 aromatic carbocycles. The second-order valence-electron chi connectivity index (χ2n) is 6.73. The van der Waals surface area contributed by atoms with Crippen LogP contribution >= 0.6 is 0 Å². The van der Waals surface area contributed by atoms with Gasteiger partial charge in [0, 0.05) is 6.21 Å². The first kappa shape index (κ1) is 20.3. The SMILES string of the molecule is CCCCOc1ccc(C=Nc2ccc(C(=O)Oc3ccccc3C)cc2)cc1. The minimum atomic E-state index is -0.381. The first-order valence-corrected chi connectivity index (χ1v) is 9.80. The number of benzene rings is 3. The molecule has 0 amide bonds. The zero-order valence-electron chi connectivity index (χ0n) is 16.8. The van der Waals surface area contributed by atoms with Gasteiger partial charge in [0.05, 0.1) is 17.9 Å². The second kappa shape index (κ2) is 10.2. The van der Waals surface area contributed by atoms with Crippen molar-refractivity contribution >= 4 is 17.9 Å². The van der Waals surface area contributed by atoms with Gasteiger partial charge in [-0.05, 0) is 79.1 Å². The van der Waals surface area contributed by atoms with Crippen LogP contribution < -0.4 is 9.47 Å². The summed E-state index contributed by atoms with van der Waals surface area (Å²) in [5.41, 5.74) is 3.15. The molecule has 0 unspecified atom stereocenters. The van der Waals surface area contributed by atoms with E-state index in [1.54, 1.807) is 36.5 Å². The van der Waals surface area contributed by atoms with Crippen molar-refractivity contribution in [1.29, 1.82) is 0 Å². The standard InChI is InChI=1S/C25H25NO3/c1-3-4-17-28-23-15-9-20(10-16-23)18-26-22-13-11-21(12-14-22)25(27)29-24-8-6-5-7-19(24)2/h5-16,18H,3-4,17H2,1-2H3. The Kier molecular flexibility index (Phi) is 7.17. The number of carbonyl (C=O) groups is 1. The Morgan fingerprint density at radius 1 is 0.966 bits per heavy atom. The molecule has 3 rings (SSSR count). The molecule has 29 heavy (non-hydrogen) atoms. The fourth-order valence-electron chi connectivity index (χ4n) is 2.65. The fraction of sp³-hybridized carbons (Fsp3) is 0.200. The normalized spacial score (nSPS) is 10.8. The minimum Gasteiger partial charge on any atom is -0.494 e. The Morgan fingerprint density at radius 3 is 2.38 bits per heavy atom. The van der Waals surface area contributed by atoms with Crippen molar-refractivity contribution < 1.29 is 14.3 Å². The number of esters is 1. The van der Waals surface area contributed by atoms with Crippen LogP contribution in [0.1, 0.15) is 41.3 Å². The van der Waals surface area contributed by atoms with E-state index in [4.69, 9.17) is 9.47 Å². The van der Waals surface area contributed by atoms with E-state index in [9.17, 15) is 4.79 Å². The minimum absolute atomic E-state index is 0.381. The summed E-state index contributed by atoms with van der Waals surface area (Å²) >= 11 is 0. The molecule has 0 atom stereocenters. The van der Waals surface area contributed by atoms with E-state index >= 15 is 0 Å². The van der Waals surface area contributed by atoms with Gasteiger partial charge in [0.1, 0.15) is 11.5 Å². The van der Waals surface area contributed by atoms with Gasteiger partial charge in [-0.2, -0.15) is 0 Å². The topological polar surface area (TPSA) is 47.9 Å². The predicted molar refractivity (Wildman–Crippen MR) is 117 cm³/mol. The van der Waals surface area contributed by atoms with Crippen LogP contribution in [0.15, 0.2) is 77.8 Å². The van der Waals surface area contributed by atoms with E-state index in [0.29, 0.717) is 11.3 Å². The van der Waals surface area contributed by atoms with E-state index in [-0.39, 0.29) is 5.97 Å². The maximum atomic E-state index is 12.3. The molecule has 4 heteroatoms. The van der Waals surface area contributed by atoms with E-state index in [0.717, 1.165) is 42.0 Å². The summed E-state index contributed by atoms with van der Waals surface area (Å²) in [5, 5.41) is 0. The van der Waals surface area contributed by atoms with Gasteiger partial charge in [-0.15, -0.1) is 0 Å². The Morgan fingerprint density at radius 2 is 1.69 bits per heavy atom. The van der Waals surface area contributed by atoms with Crippen LogP contribution in [0.5, 0.6) is 11.5 Å².